The zero-order valence-electron chi connectivity index (χ0n) is 14.1. The highest BCUT2D eigenvalue weighted by atomic mass is 19.4. The summed E-state index contributed by atoms with van der Waals surface area (Å²) in [6.45, 7) is 1.73. The van der Waals surface area contributed by atoms with Crippen LogP contribution in [0.25, 0.3) is 5.69 Å². The topological polar surface area (TPSA) is 82.2 Å². The molecule has 0 unspecified atom stereocenters. The third-order valence-corrected chi connectivity index (χ3v) is 3.65. The molecule has 0 spiro atoms. The second-order valence-electron chi connectivity index (χ2n) is 5.69. The number of rotatable bonds is 4. The van der Waals surface area contributed by atoms with Crippen molar-refractivity contribution in [3.05, 3.63) is 66.0 Å². The largest absolute Gasteiger partial charge is 0.573 e. The summed E-state index contributed by atoms with van der Waals surface area (Å²) in [7, 11) is 0. The molecule has 0 atom stereocenters. The lowest BCUT2D eigenvalue weighted by Crippen LogP contribution is -2.17. The molecular formula is C18H15F3N4O2. The maximum Gasteiger partial charge on any atom is 0.573 e. The number of ether oxygens (including phenoxy) is 1. The van der Waals surface area contributed by atoms with Gasteiger partial charge in [0.25, 0.3) is 5.91 Å². The molecular weight excluding hydrogens is 361 g/mol. The minimum absolute atomic E-state index is 0.184. The van der Waals surface area contributed by atoms with E-state index >= 15 is 0 Å². The zero-order valence-corrected chi connectivity index (χ0v) is 14.1. The summed E-state index contributed by atoms with van der Waals surface area (Å²) in [6.07, 6.45) is -3.14. The Balaban J connectivity index is 1.73. The molecule has 6 nitrogen and oxygen atoms in total. The number of hydrogen-bond acceptors (Lipinski definition) is 4. The standard InChI is InChI=1S/C18H15F3N4O2/c1-11-16(10-25(24-11)14-6-4-13(22)5-7-14)23-17(26)12-2-8-15(9-3-12)27-18(19,20)21/h2-10H,22H2,1H3,(H,23,26). The number of hydrogen-bond donors (Lipinski definition) is 2. The van der Waals surface area contributed by atoms with E-state index in [1.54, 1.807) is 42.1 Å². The predicted octanol–water partition coefficient (Wildman–Crippen LogP) is 3.91. The zero-order chi connectivity index (χ0) is 19.6. The van der Waals surface area contributed by atoms with Gasteiger partial charge in [-0.3, -0.25) is 4.79 Å². The Hall–Kier alpha value is -3.49. The first kappa shape index (κ1) is 18.3. The maximum absolute atomic E-state index is 12.3. The Bertz CT molecular complexity index is 948. The lowest BCUT2D eigenvalue weighted by Gasteiger charge is -2.09. The van der Waals surface area contributed by atoms with Gasteiger partial charge in [-0.05, 0) is 55.5 Å². The highest BCUT2D eigenvalue weighted by Gasteiger charge is 2.31. The van der Waals surface area contributed by atoms with Gasteiger partial charge in [0, 0.05) is 11.3 Å². The summed E-state index contributed by atoms with van der Waals surface area (Å²) in [5, 5.41) is 7.01. The van der Waals surface area contributed by atoms with Gasteiger partial charge in [-0.2, -0.15) is 5.10 Å². The Morgan fingerprint density at radius 1 is 1.11 bits per heavy atom. The van der Waals surface area contributed by atoms with Crippen LogP contribution in [0.15, 0.2) is 54.7 Å². The van der Waals surface area contributed by atoms with Crippen molar-refractivity contribution in [2.24, 2.45) is 0 Å². The molecule has 0 saturated carbocycles. The third-order valence-electron chi connectivity index (χ3n) is 3.65. The molecule has 1 amide bonds. The van der Waals surface area contributed by atoms with Crippen LogP contribution in [0.5, 0.6) is 5.75 Å². The number of halogens is 3. The van der Waals surface area contributed by atoms with E-state index in [1.165, 1.54) is 12.1 Å². The van der Waals surface area contributed by atoms with Gasteiger partial charge in [-0.1, -0.05) is 0 Å². The van der Waals surface area contributed by atoms with Gasteiger partial charge < -0.3 is 15.8 Å². The minimum atomic E-state index is -4.78. The van der Waals surface area contributed by atoms with Crippen LogP contribution in [0.1, 0.15) is 16.1 Å². The number of anilines is 2. The highest BCUT2D eigenvalue weighted by Crippen LogP contribution is 2.23. The van der Waals surface area contributed by atoms with E-state index in [9.17, 15) is 18.0 Å². The Labute approximate surface area is 152 Å². The van der Waals surface area contributed by atoms with Crippen molar-refractivity contribution < 1.29 is 22.7 Å². The number of aromatic nitrogens is 2. The van der Waals surface area contributed by atoms with Crippen LogP contribution in [-0.2, 0) is 0 Å². The summed E-state index contributed by atoms with van der Waals surface area (Å²) in [5.41, 5.74) is 8.29. The summed E-state index contributed by atoms with van der Waals surface area (Å²) in [5.74, 6) is -0.875. The van der Waals surface area contributed by atoms with Crippen LogP contribution in [0.2, 0.25) is 0 Å². The van der Waals surface area contributed by atoms with E-state index in [0.29, 0.717) is 17.1 Å². The molecule has 0 radical (unpaired) electrons. The molecule has 3 N–H and O–H groups in total. The molecule has 27 heavy (non-hydrogen) atoms. The molecule has 1 aromatic heterocycles. The highest BCUT2D eigenvalue weighted by molar-refractivity contribution is 6.04. The molecule has 0 saturated heterocycles. The van der Waals surface area contributed by atoms with Gasteiger partial charge in [0.1, 0.15) is 5.75 Å². The van der Waals surface area contributed by atoms with Gasteiger partial charge in [0.15, 0.2) is 0 Å². The normalized spacial score (nSPS) is 11.3. The van der Waals surface area contributed by atoms with Crippen LogP contribution < -0.4 is 15.8 Å². The fraction of sp³-hybridized carbons (Fsp3) is 0.111. The molecule has 3 aromatic rings. The molecule has 0 aliphatic rings. The van der Waals surface area contributed by atoms with E-state index in [1.807, 2.05) is 0 Å². The summed E-state index contributed by atoms with van der Waals surface area (Å²) >= 11 is 0. The molecule has 0 aliphatic heterocycles. The second-order valence-corrected chi connectivity index (χ2v) is 5.69. The van der Waals surface area contributed by atoms with Crippen molar-refractivity contribution in [3.63, 3.8) is 0 Å². The van der Waals surface area contributed by atoms with Gasteiger partial charge >= 0.3 is 6.36 Å². The number of nitrogens with two attached hydrogens (primary N) is 1. The van der Waals surface area contributed by atoms with Crippen LogP contribution in [-0.4, -0.2) is 22.1 Å². The van der Waals surface area contributed by atoms with Crippen LogP contribution in [0, 0.1) is 6.92 Å². The minimum Gasteiger partial charge on any atom is -0.406 e. The molecule has 1 heterocycles. The van der Waals surface area contributed by atoms with Crippen LogP contribution in [0.3, 0.4) is 0 Å². The van der Waals surface area contributed by atoms with Gasteiger partial charge in [0.2, 0.25) is 0 Å². The van der Waals surface area contributed by atoms with Crippen molar-refractivity contribution in [1.29, 1.82) is 0 Å². The molecule has 0 aliphatic carbocycles. The van der Waals surface area contributed by atoms with Crippen LogP contribution >= 0.6 is 0 Å². The molecule has 9 heteroatoms. The van der Waals surface area contributed by atoms with E-state index in [0.717, 1.165) is 17.8 Å². The number of carbonyl (C=O) groups is 1. The SMILES string of the molecule is Cc1nn(-c2ccc(N)cc2)cc1NC(=O)c1ccc(OC(F)(F)F)cc1. The number of nitrogen functional groups attached to an aromatic ring is 1. The number of alkyl halides is 3. The Morgan fingerprint density at radius 2 is 1.74 bits per heavy atom. The number of amides is 1. The average Bonchev–Trinajstić information content (AvgIpc) is 2.95. The van der Waals surface area contributed by atoms with E-state index in [2.05, 4.69) is 15.2 Å². The smallest absolute Gasteiger partial charge is 0.406 e. The Morgan fingerprint density at radius 3 is 2.33 bits per heavy atom. The lowest BCUT2D eigenvalue weighted by atomic mass is 10.2. The summed E-state index contributed by atoms with van der Waals surface area (Å²) in [4.78, 5) is 12.3. The van der Waals surface area contributed by atoms with Crippen molar-refractivity contribution in [3.8, 4) is 11.4 Å². The van der Waals surface area contributed by atoms with Gasteiger partial charge in [-0.25, -0.2) is 4.68 Å². The summed E-state index contributed by atoms with van der Waals surface area (Å²) < 4.78 is 41.9. The third kappa shape index (κ3) is 4.57. The first-order chi connectivity index (χ1) is 12.7. The lowest BCUT2D eigenvalue weighted by molar-refractivity contribution is -0.274. The van der Waals surface area contributed by atoms with Crippen molar-refractivity contribution >= 4 is 17.3 Å². The summed E-state index contributed by atoms with van der Waals surface area (Å²) in [6, 6.07) is 11.7. The molecule has 140 valence electrons. The second kappa shape index (κ2) is 7.02. The maximum atomic E-state index is 12.3. The quantitative estimate of drug-likeness (QED) is 0.677. The first-order valence-corrected chi connectivity index (χ1v) is 7.80. The van der Waals surface area contributed by atoms with Crippen molar-refractivity contribution in [2.75, 3.05) is 11.1 Å². The molecule has 3 rings (SSSR count). The van der Waals surface area contributed by atoms with Gasteiger partial charge in [0.05, 0.1) is 23.3 Å². The number of aryl methyl sites for hydroxylation is 1. The Kier molecular flexibility index (Phi) is 4.76. The number of carbonyl (C=O) groups excluding carboxylic acids is 1. The van der Waals surface area contributed by atoms with E-state index < -0.39 is 18.0 Å². The number of nitrogens with one attached hydrogen (secondary N) is 1. The molecule has 0 fully saturated rings. The number of benzene rings is 2. The average molecular weight is 376 g/mol. The van der Waals surface area contributed by atoms with Gasteiger partial charge in [-0.15, -0.1) is 13.2 Å². The fourth-order valence-corrected chi connectivity index (χ4v) is 2.34. The van der Waals surface area contributed by atoms with Crippen LogP contribution in [0.4, 0.5) is 24.5 Å². The fourth-order valence-electron chi connectivity index (χ4n) is 2.34. The molecule has 2 aromatic carbocycles. The van der Waals surface area contributed by atoms with Crippen molar-refractivity contribution in [2.45, 2.75) is 13.3 Å². The van der Waals surface area contributed by atoms with E-state index in [-0.39, 0.29) is 5.56 Å². The number of nitrogens with zero attached hydrogens (tertiary/aromatic N) is 2. The molecule has 0 bridgehead atoms. The predicted molar refractivity (Wildman–Crippen MR) is 93.8 cm³/mol. The first-order valence-electron chi connectivity index (χ1n) is 7.80. The monoisotopic (exact) mass is 376 g/mol. The van der Waals surface area contributed by atoms with Crippen molar-refractivity contribution in [1.82, 2.24) is 9.78 Å². The van der Waals surface area contributed by atoms with E-state index in [4.69, 9.17) is 5.73 Å².